The average Bonchev–Trinajstić information content (AvgIpc) is 2.94. The molecule has 1 heterocycles. The Morgan fingerprint density at radius 1 is 1.30 bits per heavy atom. The standard InChI is InChI=1S/C15H22N2O3/c16-11-15(7-1-2-8-15)14(20)17-9-3-4-12(10-17)5-6-13(18)19/h12H,1-10H2,(H,18,19)/t12-/m0/s1. The zero-order valence-corrected chi connectivity index (χ0v) is 11.8. The molecule has 1 saturated carbocycles. The van der Waals surface area contributed by atoms with Gasteiger partial charge in [0.2, 0.25) is 5.91 Å². The van der Waals surface area contributed by atoms with Crippen LogP contribution in [0.2, 0.25) is 0 Å². The van der Waals surface area contributed by atoms with Crippen LogP contribution in [0.15, 0.2) is 0 Å². The number of rotatable bonds is 4. The lowest BCUT2D eigenvalue weighted by Crippen LogP contribution is -2.47. The lowest BCUT2D eigenvalue weighted by atomic mass is 9.84. The third-order valence-electron chi connectivity index (χ3n) is 4.65. The number of aliphatic carboxylic acids is 1. The number of amides is 1. The number of hydrogen-bond donors (Lipinski definition) is 1. The molecule has 5 heteroatoms. The number of likely N-dealkylation sites (tertiary alicyclic amines) is 1. The highest BCUT2D eigenvalue weighted by molar-refractivity contribution is 5.86. The van der Waals surface area contributed by atoms with Crippen molar-refractivity contribution in [1.29, 1.82) is 5.26 Å². The molecule has 0 aromatic heterocycles. The highest BCUT2D eigenvalue weighted by atomic mass is 16.4. The molecule has 1 N–H and O–H groups in total. The Labute approximate surface area is 119 Å². The number of piperidine rings is 1. The van der Waals surface area contributed by atoms with Gasteiger partial charge in [0.1, 0.15) is 5.41 Å². The van der Waals surface area contributed by atoms with Gasteiger partial charge in [0.25, 0.3) is 0 Å². The zero-order valence-electron chi connectivity index (χ0n) is 11.8. The van der Waals surface area contributed by atoms with Crippen molar-refractivity contribution in [3.8, 4) is 6.07 Å². The van der Waals surface area contributed by atoms with Gasteiger partial charge >= 0.3 is 5.97 Å². The van der Waals surface area contributed by atoms with E-state index >= 15 is 0 Å². The fourth-order valence-electron chi connectivity index (χ4n) is 3.47. The molecule has 1 amide bonds. The van der Waals surface area contributed by atoms with E-state index < -0.39 is 11.4 Å². The Balaban J connectivity index is 1.96. The van der Waals surface area contributed by atoms with Crippen LogP contribution in [0.1, 0.15) is 51.4 Å². The number of hydrogen-bond acceptors (Lipinski definition) is 3. The first kappa shape index (κ1) is 14.8. The second kappa shape index (κ2) is 6.25. The van der Waals surface area contributed by atoms with Gasteiger partial charge in [-0.15, -0.1) is 0 Å². The molecule has 2 fully saturated rings. The molecular weight excluding hydrogens is 256 g/mol. The van der Waals surface area contributed by atoms with Gasteiger partial charge in [-0.3, -0.25) is 9.59 Å². The Bertz CT molecular complexity index is 421. The second-order valence-electron chi connectivity index (χ2n) is 6.09. The van der Waals surface area contributed by atoms with Crippen molar-refractivity contribution in [1.82, 2.24) is 4.90 Å². The molecule has 0 unspecified atom stereocenters. The molecule has 2 aliphatic rings. The largest absolute Gasteiger partial charge is 0.481 e. The van der Waals surface area contributed by atoms with Crippen molar-refractivity contribution >= 4 is 11.9 Å². The van der Waals surface area contributed by atoms with Crippen molar-refractivity contribution in [3.05, 3.63) is 0 Å². The smallest absolute Gasteiger partial charge is 0.303 e. The summed E-state index contributed by atoms with van der Waals surface area (Å²) in [7, 11) is 0. The van der Waals surface area contributed by atoms with Crippen LogP contribution in [-0.2, 0) is 9.59 Å². The molecule has 1 atom stereocenters. The number of carboxylic acids is 1. The predicted octanol–water partition coefficient (Wildman–Crippen LogP) is 2.17. The zero-order chi connectivity index (χ0) is 14.6. The third-order valence-corrected chi connectivity index (χ3v) is 4.65. The summed E-state index contributed by atoms with van der Waals surface area (Å²) >= 11 is 0. The fraction of sp³-hybridized carbons (Fsp3) is 0.800. The van der Waals surface area contributed by atoms with E-state index in [4.69, 9.17) is 5.11 Å². The monoisotopic (exact) mass is 278 g/mol. The first-order valence-corrected chi connectivity index (χ1v) is 7.50. The van der Waals surface area contributed by atoms with E-state index in [2.05, 4.69) is 6.07 Å². The quantitative estimate of drug-likeness (QED) is 0.854. The Kier molecular flexibility index (Phi) is 4.64. The highest BCUT2D eigenvalue weighted by Gasteiger charge is 2.44. The van der Waals surface area contributed by atoms with E-state index in [9.17, 15) is 14.9 Å². The van der Waals surface area contributed by atoms with Crippen LogP contribution >= 0.6 is 0 Å². The van der Waals surface area contributed by atoms with Crippen molar-refractivity contribution in [3.63, 3.8) is 0 Å². The van der Waals surface area contributed by atoms with Gasteiger partial charge in [-0.05, 0) is 38.0 Å². The van der Waals surface area contributed by atoms with E-state index in [1.54, 1.807) is 0 Å². The summed E-state index contributed by atoms with van der Waals surface area (Å²) in [5, 5.41) is 18.1. The molecule has 0 radical (unpaired) electrons. The van der Waals surface area contributed by atoms with Gasteiger partial charge in [0, 0.05) is 19.5 Å². The molecule has 0 aromatic carbocycles. The molecule has 0 spiro atoms. The summed E-state index contributed by atoms with van der Waals surface area (Å²) in [6.07, 6.45) is 5.95. The van der Waals surface area contributed by atoms with Crippen molar-refractivity contribution in [2.75, 3.05) is 13.1 Å². The van der Waals surface area contributed by atoms with Crippen LogP contribution in [0.5, 0.6) is 0 Å². The maximum absolute atomic E-state index is 12.6. The van der Waals surface area contributed by atoms with Crippen LogP contribution in [0, 0.1) is 22.7 Å². The SMILES string of the molecule is N#CC1(C(=O)N2CCC[C@@H](CCC(=O)O)C2)CCCC1. The average molecular weight is 278 g/mol. The summed E-state index contributed by atoms with van der Waals surface area (Å²) in [5.41, 5.74) is -0.797. The number of nitrogens with zero attached hydrogens (tertiary/aromatic N) is 2. The van der Waals surface area contributed by atoms with Crippen LogP contribution in [-0.4, -0.2) is 35.0 Å². The van der Waals surface area contributed by atoms with Gasteiger partial charge in [0.15, 0.2) is 0 Å². The maximum atomic E-state index is 12.6. The molecule has 1 aliphatic heterocycles. The number of carbonyl (C=O) groups is 2. The Hall–Kier alpha value is -1.57. The lowest BCUT2D eigenvalue weighted by molar-refractivity contribution is -0.140. The van der Waals surface area contributed by atoms with E-state index in [0.717, 1.165) is 25.7 Å². The maximum Gasteiger partial charge on any atom is 0.303 e. The van der Waals surface area contributed by atoms with Gasteiger partial charge in [0.05, 0.1) is 6.07 Å². The minimum atomic E-state index is -0.797. The molecule has 0 bridgehead atoms. The minimum Gasteiger partial charge on any atom is -0.481 e. The number of carboxylic acid groups (broad SMARTS) is 1. The van der Waals surface area contributed by atoms with Gasteiger partial charge in [-0.1, -0.05) is 12.8 Å². The fourth-order valence-corrected chi connectivity index (χ4v) is 3.47. The molecule has 1 aliphatic carbocycles. The Morgan fingerprint density at radius 3 is 2.60 bits per heavy atom. The second-order valence-corrected chi connectivity index (χ2v) is 6.09. The van der Waals surface area contributed by atoms with E-state index in [1.807, 2.05) is 4.90 Å². The summed E-state index contributed by atoms with van der Waals surface area (Å²) < 4.78 is 0. The first-order valence-electron chi connectivity index (χ1n) is 7.50. The van der Waals surface area contributed by atoms with E-state index in [-0.39, 0.29) is 18.2 Å². The van der Waals surface area contributed by atoms with Gasteiger partial charge in [-0.25, -0.2) is 0 Å². The third kappa shape index (κ3) is 3.12. The molecule has 1 saturated heterocycles. The number of nitriles is 1. The van der Waals surface area contributed by atoms with Crippen molar-refractivity contribution in [2.45, 2.75) is 51.4 Å². The summed E-state index contributed by atoms with van der Waals surface area (Å²) in [4.78, 5) is 25.1. The molecule has 20 heavy (non-hydrogen) atoms. The number of carbonyl (C=O) groups excluding carboxylic acids is 1. The van der Waals surface area contributed by atoms with Crippen molar-refractivity contribution < 1.29 is 14.7 Å². The molecule has 5 nitrogen and oxygen atoms in total. The normalized spacial score (nSPS) is 25.1. The van der Waals surface area contributed by atoms with Crippen LogP contribution in [0.3, 0.4) is 0 Å². The topological polar surface area (TPSA) is 81.4 Å². The van der Waals surface area contributed by atoms with E-state index in [0.29, 0.717) is 32.4 Å². The molecule has 110 valence electrons. The predicted molar refractivity (Wildman–Crippen MR) is 72.7 cm³/mol. The molecular formula is C15H22N2O3. The van der Waals surface area contributed by atoms with Gasteiger partial charge in [-0.2, -0.15) is 5.26 Å². The Morgan fingerprint density at radius 2 is 2.00 bits per heavy atom. The van der Waals surface area contributed by atoms with Crippen molar-refractivity contribution in [2.24, 2.45) is 11.3 Å². The molecule has 0 aromatic rings. The lowest BCUT2D eigenvalue weighted by Gasteiger charge is -2.36. The highest BCUT2D eigenvalue weighted by Crippen LogP contribution is 2.40. The van der Waals surface area contributed by atoms with Crippen LogP contribution < -0.4 is 0 Å². The first-order chi connectivity index (χ1) is 9.57. The summed E-state index contributed by atoms with van der Waals surface area (Å²) in [6, 6.07) is 2.25. The minimum absolute atomic E-state index is 0.0162. The molecule has 2 rings (SSSR count). The van der Waals surface area contributed by atoms with E-state index in [1.165, 1.54) is 0 Å². The van der Waals surface area contributed by atoms with Crippen LogP contribution in [0.25, 0.3) is 0 Å². The van der Waals surface area contributed by atoms with Crippen LogP contribution in [0.4, 0.5) is 0 Å². The van der Waals surface area contributed by atoms with Gasteiger partial charge < -0.3 is 10.0 Å². The summed E-state index contributed by atoms with van der Waals surface area (Å²) in [5.74, 6) is -0.531. The summed E-state index contributed by atoms with van der Waals surface area (Å²) in [6.45, 7) is 1.33.